The van der Waals surface area contributed by atoms with Crippen LogP contribution < -0.4 is 15.0 Å². The van der Waals surface area contributed by atoms with Crippen LogP contribution in [0.4, 0.5) is 5.69 Å². The molecule has 4 rings (SSSR count). The molecular formula is C31H39N3O4. The Morgan fingerprint density at radius 3 is 2.03 bits per heavy atom. The molecule has 3 aromatic rings. The highest BCUT2D eigenvalue weighted by atomic mass is 16.5. The fraction of sp³-hybridized carbons (Fsp3) is 0.323. The summed E-state index contributed by atoms with van der Waals surface area (Å²) in [6.07, 6.45) is 1.04. The van der Waals surface area contributed by atoms with E-state index in [4.69, 9.17) is 4.74 Å². The molecule has 2 unspecified atom stereocenters. The number of hydrogen-bond acceptors (Lipinski definition) is 6. The second-order valence-electron chi connectivity index (χ2n) is 9.27. The zero-order valence-electron chi connectivity index (χ0n) is 22.5. The van der Waals surface area contributed by atoms with Crippen LogP contribution in [0.5, 0.6) is 11.5 Å². The van der Waals surface area contributed by atoms with E-state index in [1.165, 1.54) is 11.3 Å². The van der Waals surface area contributed by atoms with Gasteiger partial charge in [0, 0.05) is 44.1 Å². The molecule has 0 aliphatic carbocycles. The Kier molecular flexibility index (Phi) is 11.2. The van der Waals surface area contributed by atoms with Crippen LogP contribution in [0.2, 0.25) is 0 Å². The first-order chi connectivity index (χ1) is 18.4. The number of ether oxygens (including phenoxy) is 1. The first kappa shape index (κ1) is 28.8. The summed E-state index contributed by atoms with van der Waals surface area (Å²) in [5.74, 6) is 1.60. The number of benzene rings is 3. The normalized spacial score (nSPS) is 15.1. The molecule has 1 aliphatic rings. The predicted octanol–water partition coefficient (Wildman–Crippen LogP) is 4.49. The smallest absolute Gasteiger partial charge is 0.207 e. The molecule has 38 heavy (non-hydrogen) atoms. The van der Waals surface area contributed by atoms with Crippen molar-refractivity contribution in [2.75, 3.05) is 31.1 Å². The van der Waals surface area contributed by atoms with Gasteiger partial charge in [-0.05, 0) is 62.7 Å². The number of aliphatic hydroxyl groups excluding tert-OH is 2. The van der Waals surface area contributed by atoms with Gasteiger partial charge in [0.1, 0.15) is 17.6 Å². The summed E-state index contributed by atoms with van der Waals surface area (Å²) in [5, 5.41) is 22.2. The minimum absolute atomic E-state index is 0.536. The molecule has 0 aromatic heterocycles. The Hall–Kier alpha value is -3.81. The standard InChI is InChI=1S/C16H24N2O2.C15H15NO2/c1-3-15(16(20)13(2)19)18-11-9-17(10-12-18)14-7-5-4-6-8-14;1-12-2-6-14(7-3-12)18-15-8-4-13(5-9-15)10-16-11-17/h3-8,13,16,19-20H,9-12H2,1-2H3;2-9,11H,10H2,1H3,(H,16,17)/b15-3-;. The van der Waals surface area contributed by atoms with Crippen molar-refractivity contribution >= 4 is 12.1 Å². The molecule has 7 heteroatoms. The number of carbonyl (C=O) groups excluding carboxylic acids is 1. The Morgan fingerprint density at radius 1 is 0.921 bits per heavy atom. The number of nitrogens with zero attached hydrogens (tertiary/aromatic N) is 2. The van der Waals surface area contributed by atoms with Crippen molar-refractivity contribution < 1.29 is 19.7 Å². The van der Waals surface area contributed by atoms with Crippen LogP contribution in [-0.2, 0) is 11.3 Å². The Balaban J connectivity index is 0.000000212. The van der Waals surface area contributed by atoms with E-state index in [9.17, 15) is 15.0 Å². The average Bonchev–Trinajstić information content (AvgIpc) is 2.95. The van der Waals surface area contributed by atoms with Crippen molar-refractivity contribution in [1.29, 1.82) is 0 Å². The maximum Gasteiger partial charge on any atom is 0.207 e. The molecule has 0 saturated carbocycles. The maximum absolute atomic E-state index is 10.2. The Morgan fingerprint density at radius 2 is 1.50 bits per heavy atom. The number of nitrogens with one attached hydrogen (secondary N) is 1. The number of para-hydroxylation sites is 1. The third kappa shape index (κ3) is 8.64. The molecular weight excluding hydrogens is 478 g/mol. The first-order valence-corrected chi connectivity index (χ1v) is 13.0. The zero-order chi connectivity index (χ0) is 27.3. The molecule has 1 heterocycles. The molecule has 2 atom stereocenters. The second kappa shape index (κ2) is 14.8. The number of allylic oxidation sites excluding steroid dienone is 1. The number of aliphatic hydroxyl groups is 2. The summed E-state index contributed by atoms with van der Waals surface area (Å²) in [5.41, 5.74) is 4.31. The average molecular weight is 518 g/mol. The first-order valence-electron chi connectivity index (χ1n) is 13.0. The summed E-state index contributed by atoms with van der Waals surface area (Å²) >= 11 is 0. The maximum atomic E-state index is 10.2. The molecule has 202 valence electrons. The number of aryl methyl sites for hydroxylation is 1. The molecule has 1 amide bonds. The van der Waals surface area contributed by atoms with Crippen LogP contribution in [0, 0.1) is 6.92 Å². The monoisotopic (exact) mass is 517 g/mol. The number of anilines is 1. The zero-order valence-corrected chi connectivity index (χ0v) is 22.5. The van der Waals surface area contributed by atoms with Crippen molar-refractivity contribution in [2.24, 2.45) is 0 Å². The summed E-state index contributed by atoms with van der Waals surface area (Å²) in [6.45, 7) is 9.67. The Labute approximate surface area is 226 Å². The summed E-state index contributed by atoms with van der Waals surface area (Å²) in [4.78, 5) is 14.7. The van der Waals surface area contributed by atoms with E-state index >= 15 is 0 Å². The lowest BCUT2D eigenvalue weighted by atomic mass is 10.1. The second-order valence-corrected chi connectivity index (χ2v) is 9.27. The topological polar surface area (TPSA) is 85.3 Å². The van der Waals surface area contributed by atoms with Gasteiger partial charge in [0.15, 0.2) is 0 Å². The van der Waals surface area contributed by atoms with E-state index in [-0.39, 0.29) is 0 Å². The molecule has 0 spiro atoms. The van der Waals surface area contributed by atoms with Crippen LogP contribution in [0.25, 0.3) is 0 Å². The van der Waals surface area contributed by atoms with Crippen molar-refractivity contribution in [3.8, 4) is 11.5 Å². The van der Waals surface area contributed by atoms with E-state index in [1.54, 1.807) is 6.92 Å². The third-order valence-corrected chi connectivity index (χ3v) is 6.39. The molecule has 3 aromatic carbocycles. The van der Waals surface area contributed by atoms with E-state index in [0.717, 1.165) is 48.9 Å². The molecule has 1 saturated heterocycles. The minimum Gasteiger partial charge on any atom is -0.457 e. The summed E-state index contributed by atoms with van der Waals surface area (Å²) in [6, 6.07) is 25.9. The van der Waals surface area contributed by atoms with E-state index in [2.05, 4.69) is 39.4 Å². The van der Waals surface area contributed by atoms with Gasteiger partial charge in [-0.25, -0.2) is 0 Å². The molecule has 3 N–H and O–H groups in total. The molecule has 0 radical (unpaired) electrons. The van der Waals surface area contributed by atoms with E-state index in [1.807, 2.05) is 74.5 Å². The lowest BCUT2D eigenvalue weighted by molar-refractivity contribution is -0.109. The minimum atomic E-state index is -0.803. The van der Waals surface area contributed by atoms with Crippen LogP contribution in [0.1, 0.15) is 25.0 Å². The van der Waals surface area contributed by atoms with Crippen molar-refractivity contribution in [1.82, 2.24) is 10.2 Å². The summed E-state index contributed by atoms with van der Waals surface area (Å²) in [7, 11) is 0. The van der Waals surface area contributed by atoms with Gasteiger partial charge in [-0.2, -0.15) is 0 Å². The van der Waals surface area contributed by atoms with E-state index < -0.39 is 12.2 Å². The lowest BCUT2D eigenvalue weighted by Crippen LogP contribution is -2.48. The van der Waals surface area contributed by atoms with Gasteiger partial charge in [-0.15, -0.1) is 0 Å². The van der Waals surface area contributed by atoms with Gasteiger partial charge in [-0.1, -0.05) is 54.1 Å². The highest BCUT2D eigenvalue weighted by Gasteiger charge is 2.25. The number of rotatable bonds is 9. The van der Waals surface area contributed by atoms with Gasteiger partial charge in [-0.3, -0.25) is 4.79 Å². The van der Waals surface area contributed by atoms with Gasteiger partial charge in [0.2, 0.25) is 6.41 Å². The highest BCUT2D eigenvalue weighted by Crippen LogP contribution is 2.22. The Bertz CT molecular complexity index is 1120. The van der Waals surface area contributed by atoms with Crippen molar-refractivity contribution in [2.45, 2.75) is 39.5 Å². The number of amides is 1. The fourth-order valence-electron chi connectivity index (χ4n) is 4.23. The number of carbonyl (C=O) groups is 1. The van der Waals surface area contributed by atoms with Crippen molar-refractivity contribution in [3.05, 3.63) is 102 Å². The molecule has 1 fully saturated rings. The van der Waals surface area contributed by atoms with Gasteiger partial charge < -0.3 is 30.1 Å². The SMILES string of the molecule is C/C=C(/C(O)C(C)O)N1CCN(c2ccccc2)CC1.Cc1ccc(Oc2ccc(CNC=O)cc2)cc1. The van der Waals surface area contributed by atoms with Crippen LogP contribution >= 0.6 is 0 Å². The van der Waals surface area contributed by atoms with Gasteiger partial charge in [0.25, 0.3) is 0 Å². The van der Waals surface area contributed by atoms with Gasteiger partial charge >= 0.3 is 0 Å². The van der Waals surface area contributed by atoms with Crippen LogP contribution in [-0.4, -0.2) is 59.9 Å². The van der Waals surface area contributed by atoms with Crippen LogP contribution in [0.3, 0.4) is 0 Å². The lowest BCUT2D eigenvalue weighted by Gasteiger charge is -2.40. The molecule has 7 nitrogen and oxygen atoms in total. The third-order valence-electron chi connectivity index (χ3n) is 6.39. The number of piperazine rings is 1. The summed E-state index contributed by atoms with van der Waals surface area (Å²) < 4.78 is 5.70. The largest absolute Gasteiger partial charge is 0.457 e. The number of hydrogen-bond donors (Lipinski definition) is 3. The predicted molar refractivity (Wildman–Crippen MR) is 152 cm³/mol. The molecule has 0 bridgehead atoms. The van der Waals surface area contributed by atoms with Crippen LogP contribution in [0.15, 0.2) is 90.6 Å². The highest BCUT2D eigenvalue weighted by molar-refractivity contribution is 5.47. The van der Waals surface area contributed by atoms with Crippen molar-refractivity contribution in [3.63, 3.8) is 0 Å². The quantitative estimate of drug-likeness (QED) is 0.363. The van der Waals surface area contributed by atoms with Gasteiger partial charge in [0.05, 0.1) is 6.10 Å². The molecule has 1 aliphatic heterocycles. The van der Waals surface area contributed by atoms with E-state index in [0.29, 0.717) is 13.0 Å². The fourth-order valence-corrected chi connectivity index (χ4v) is 4.23.